The third-order valence-corrected chi connectivity index (χ3v) is 6.29. The number of carbonyl (C=O) groups is 1. The van der Waals surface area contributed by atoms with Gasteiger partial charge in [0.25, 0.3) is 5.91 Å². The highest BCUT2D eigenvalue weighted by atomic mass is 35.5. The summed E-state index contributed by atoms with van der Waals surface area (Å²) in [6.07, 6.45) is 0. The lowest BCUT2D eigenvalue weighted by Crippen LogP contribution is -2.48. The number of amides is 1. The summed E-state index contributed by atoms with van der Waals surface area (Å²) in [5.74, 6) is 1.39. The van der Waals surface area contributed by atoms with Crippen LogP contribution in [-0.4, -0.2) is 68.7 Å². The fraction of sp³-hybridized carbons (Fsp3) is 0.280. The molecular formula is C25H25ClN6O2. The molecule has 0 spiro atoms. The number of halogens is 1. The molecule has 0 N–H and O–H groups in total. The molecule has 8 nitrogen and oxygen atoms in total. The van der Waals surface area contributed by atoms with E-state index in [1.54, 1.807) is 4.68 Å². The second-order valence-corrected chi connectivity index (χ2v) is 8.58. The largest absolute Gasteiger partial charge is 0.493 e. The van der Waals surface area contributed by atoms with Gasteiger partial charge in [0, 0.05) is 31.2 Å². The minimum Gasteiger partial charge on any atom is -0.493 e. The summed E-state index contributed by atoms with van der Waals surface area (Å²) in [7, 11) is 0. The first-order chi connectivity index (χ1) is 16.6. The van der Waals surface area contributed by atoms with Gasteiger partial charge < -0.3 is 9.64 Å². The van der Waals surface area contributed by atoms with Crippen LogP contribution >= 0.6 is 11.6 Å². The summed E-state index contributed by atoms with van der Waals surface area (Å²) in [6.45, 7) is 5.73. The van der Waals surface area contributed by atoms with Crippen molar-refractivity contribution in [3.05, 3.63) is 77.1 Å². The molecule has 0 unspecified atom stereocenters. The van der Waals surface area contributed by atoms with Crippen molar-refractivity contribution >= 4 is 28.3 Å². The van der Waals surface area contributed by atoms with E-state index in [4.69, 9.17) is 16.3 Å². The molecule has 0 aliphatic carbocycles. The Labute approximate surface area is 202 Å². The number of nitrogens with zero attached hydrogens (tertiary/aromatic N) is 6. The molecule has 1 amide bonds. The molecule has 0 atom stereocenters. The summed E-state index contributed by atoms with van der Waals surface area (Å²) in [4.78, 5) is 17.7. The third kappa shape index (κ3) is 4.47. The molecule has 0 bridgehead atoms. The van der Waals surface area contributed by atoms with Crippen LogP contribution in [0.15, 0.2) is 60.7 Å². The van der Waals surface area contributed by atoms with Gasteiger partial charge >= 0.3 is 0 Å². The quantitative estimate of drug-likeness (QED) is 0.421. The normalized spacial score (nSPS) is 14.5. The molecule has 9 heteroatoms. The lowest BCUT2D eigenvalue weighted by atomic mass is 10.0. The monoisotopic (exact) mass is 476 g/mol. The number of ether oxygens (including phenoxy) is 1. The van der Waals surface area contributed by atoms with Gasteiger partial charge in [0.05, 0.1) is 24.4 Å². The summed E-state index contributed by atoms with van der Waals surface area (Å²) >= 11 is 6.00. The van der Waals surface area contributed by atoms with Crippen LogP contribution in [0.5, 0.6) is 5.75 Å². The van der Waals surface area contributed by atoms with E-state index in [0.29, 0.717) is 42.6 Å². The van der Waals surface area contributed by atoms with Crippen LogP contribution in [0.25, 0.3) is 16.5 Å². The topological polar surface area (TPSA) is 76.4 Å². The lowest BCUT2D eigenvalue weighted by Gasteiger charge is -2.34. The number of hydrogen-bond donors (Lipinski definition) is 0. The SMILES string of the molecule is CCOc1ccc2ccccc2c1C(=O)N1CCN(Cc2nnnn2-c2ccc(Cl)cc2)CC1. The Morgan fingerprint density at radius 1 is 1.00 bits per heavy atom. The van der Waals surface area contributed by atoms with Gasteiger partial charge in [0.15, 0.2) is 5.82 Å². The average Bonchev–Trinajstić information content (AvgIpc) is 3.32. The number of piperazine rings is 1. The predicted octanol–water partition coefficient (Wildman–Crippen LogP) is 3.83. The van der Waals surface area contributed by atoms with Crippen molar-refractivity contribution in [2.24, 2.45) is 0 Å². The molecule has 1 fully saturated rings. The number of rotatable bonds is 6. The second-order valence-electron chi connectivity index (χ2n) is 8.14. The van der Waals surface area contributed by atoms with E-state index in [2.05, 4.69) is 20.4 Å². The van der Waals surface area contributed by atoms with Gasteiger partial charge in [-0.05, 0) is 58.5 Å². The highest BCUT2D eigenvalue weighted by molar-refractivity contribution is 6.30. The highest BCUT2D eigenvalue weighted by Gasteiger charge is 2.27. The molecule has 5 rings (SSSR count). The molecule has 0 radical (unpaired) electrons. The zero-order chi connectivity index (χ0) is 23.5. The summed E-state index contributed by atoms with van der Waals surface area (Å²) in [5, 5.41) is 14.8. The maximum Gasteiger partial charge on any atom is 0.258 e. The third-order valence-electron chi connectivity index (χ3n) is 6.03. The summed E-state index contributed by atoms with van der Waals surface area (Å²) in [5.41, 5.74) is 1.50. The molecule has 1 saturated heterocycles. The van der Waals surface area contributed by atoms with E-state index >= 15 is 0 Å². The van der Waals surface area contributed by atoms with Gasteiger partial charge in [-0.25, -0.2) is 0 Å². The Morgan fingerprint density at radius 3 is 2.53 bits per heavy atom. The van der Waals surface area contributed by atoms with Crippen LogP contribution in [0.3, 0.4) is 0 Å². The number of tetrazole rings is 1. The zero-order valence-electron chi connectivity index (χ0n) is 18.9. The van der Waals surface area contributed by atoms with Crippen molar-refractivity contribution in [2.45, 2.75) is 13.5 Å². The van der Waals surface area contributed by atoms with Crippen LogP contribution in [0.2, 0.25) is 5.02 Å². The van der Waals surface area contributed by atoms with Gasteiger partial charge in [-0.3, -0.25) is 9.69 Å². The fourth-order valence-corrected chi connectivity index (χ4v) is 4.43. The Kier molecular flexibility index (Phi) is 6.42. The maximum absolute atomic E-state index is 13.6. The number of carbonyl (C=O) groups excluding carboxylic acids is 1. The van der Waals surface area contributed by atoms with E-state index < -0.39 is 0 Å². The first-order valence-corrected chi connectivity index (χ1v) is 11.7. The van der Waals surface area contributed by atoms with Gasteiger partial charge in [0.1, 0.15) is 5.75 Å². The first-order valence-electron chi connectivity index (χ1n) is 11.3. The number of benzene rings is 3. The fourth-order valence-electron chi connectivity index (χ4n) is 4.30. The van der Waals surface area contributed by atoms with Crippen LogP contribution in [0.1, 0.15) is 23.1 Å². The Morgan fingerprint density at radius 2 is 1.76 bits per heavy atom. The molecular weight excluding hydrogens is 452 g/mol. The van der Waals surface area contributed by atoms with Gasteiger partial charge in [0.2, 0.25) is 0 Å². The number of aromatic nitrogens is 4. The molecule has 1 aliphatic rings. The zero-order valence-corrected chi connectivity index (χ0v) is 19.6. The van der Waals surface area contributed by atoms with E-state index in [1.165, 1.54) is 0 Å². The molecule has 3 aromatic carbocycles. The smallest absolute Gasteiger partial charge is 0.258 e. The van der Waals surface area contributed by atoms with Gasteiger partial charge in [-0.2, -0.15) is 4.68 Å². The Hall–Kier alpha value is -3.49. The van der Waals surface area contributed by atoms with E-state index in [-0.39, 0.29) is 5.91 Å². The molecule has 1 aliphatic heterocycles. The molecule has 174 valence electrons. The molecule has 0 saturated carbocycles. The maximum atomic E-state index is 13.6. The molecule has 2 heterocycles. The minimum atomic E-state index is 0.00546. The van der Waals surface area contributed by atoms with E-state index in [0.717, 1.165) is 35.4 Å². The van der Waals surface area contributed by atoms with Crippen molar-refractivity contribution in [3.63, 3.8) is 0 Å². The van der Waals surface area contributed by atoms with E-state index in [1.807, 2.05) is 72.5 Å². The van der Waals surface area contributed by atoms with Crippen molar-refractivity contribution in [2.75, 3.05) is 32.8 Å². The summed E-state index contributed by atoms with van der Waals surface area (Å²) < 4.78 is 7.54. The van der Waals surface area contributed by atoms with Crippen LogP contribution < -0.4 is 4.74 Å². The summed E-state index contributed by atoms with van der Waals surface area (Å²) in [6, 6.07) is 19.2. The standard InChI is InChI=1S/C25H25ClN6O2/c1-2-34-22-12-7-18-5-3-4-6-21(18)24(22)25(33)31-15-13-30(14-16-31)17-23-27-28-29-32(23)20-10-8-19(26)9-11-20/h3-12H,2,13-17H2,1H3. The van der Waals surface area contributed by atoms with E-state index in [9.17, 15) is 4.79 Å². The van der Waals surface area contributed by atoms with Crippen molar-refractivity contribution < 1.29 is 9.53 Å². The van der Waals surface area contributed by atoms with Crippen molar-refractivity contribution in [3.8, 4) is 11.4 Å². The molecule has 34 heavy (non-hydrogen) atoms. The Bertz CT molecular complexity index is 1300. The van der Waals surface area contributed by atoms with Crippen LogP contribution in [-0.2, 0) is 6.54 Å². The van der Waals surface area contributed by atoms with Gasteiger partial charge in [-0.1, -0.05) is 41.9 Å². The first kappa shape index (κ1) is 22.3. The van der Waals surface area contributed by atoms with Crippen LogP contribution in [0, 0.1) is 0 Å². The second kappa shape index (κ2) is 9.79. The van der Waals surface area contributed by atoms with Crippen LogP contribution in [0.4, 0.5) is 0 Å². The van der Waals surface area contributed by atoms with Gasteiger partial charge in [-0.15, -0.1) is 5.10 Å². The van der Waals surface area contributed by atoms with Crippen molar-refractivity contribution in [1.29, 1.82) is 0 Å². The predicted molar refractivity (Wildman–Crippen MR) is 130 cm³/mol. The number of hydrogen-bond acceptors (Lipinski definition) is 6. The lowest BCUT2D eigenvalue weighted by molar-refractivity contribution is 0.0622. The Balaban J connectivity index is 1.30. The van der Waals surface area contributed by atoms with Crippen molar-refractivity contribution in [1.82, 2.24) is 30.0 Å². The molecule has 1 aromatic heterocycles. The minimum absolute atomic E-state index is 0.00546. The highest BCUT2D eigenvalue weighted by Crippen LogP contribution is 2.30. The average molecular weight is 477 g/mol. The number of fused-ring (bicyclic) bond motifs is 1. The molecule has 4 aromatic rings.